The molecule has 3 aromatic rings. The fourth-order valence-corrected chi connectivity index (χ4v) is 2.66. The van der Waals surface area contributed by atoms with Crippen LogP contribution < -0.4 is 5.76 Å². The predicted octanol–water partition coefficient (Wildman–Crippen LogP) is 5.37. The molecule has 1 heterocycles. The minimum Gasteiger partial charge on any atom is -0.296 e. The highest BCUT2D eigenvalue weighted by Gasteiger charge is 2.04. The van der Waals surface area contributed by atoms with Gasteiger partial charge in [0.1, 0.15) is 0 Å². The second-order valence-electron chi connectivity index (χ2n) is 4.24. The number of hydrogen-bond donors (Lipinski definition) is 1. The van der Waals surface area contributed by atoms with Crippen LogP contribution in [0.5, 0.6) is 0 Å². The van der Waals surface area contributed by atoms with Crippen molar-refractivity contribution in [2.75, 3.05) is 0 Å². The lowest BCUT2D eigenvalue weighted by Crippen LogP contribution is -1.94. The van der Waals surface area contributed by atoms with Crippen molar-refractivity contribution >= 4 is 11.8 Å². The summed E-state index contributed by atoms with van der Waals surface area (Å²) in [4.78, 5) is 14.6. The lowest BCUT2D eigenvalue weighted by molar-refractivity contribution is 0.388. The second-order valence-corrected chi connectivity index (χ2v) is 5.29. The molecular formula is C19H24N2O2S. The molecule has 0 saturated carbocycles. The first-order valence-corrected chi connectivity index (χ1v) is 9.13. The molecule has 0 aliphatic heterocycles. The SMILES string of the molecule is CC.CC.O=c1[nH]c(-c2ccc(SCc3ccccc3)cc2)no1. The number of aromatic nitrogens is 2. The Hall–Kier alpha value is -2.27. The van der Waals surface area contributed by atoms with E-state index < -0.39 is 5.76 Å². The van der Waals surface area contributed by atoms with Crippen molar-refractivity contribution in [2.45, 2.75) is 38.3 Å². The summed E-state index contributed by atoms with van der Waals surface area (Å²) in [7, 11) is 0. The molecule has 0 bridgehead atoms. The molecule has 2 aromatic carbocycles. The summed E-state index contributed by atoms with van der Waals surface area (Å²) in [5.74, 6) is 0.846. The van der Waals surface area contributed by atoms with Crippen LogP contribution in [0.1, 0.15) is 33.3 Å². The average Bonchev–Trinajstić information content (AvgIpc) is 3.11. The van der Waals surface area contributed by atoms with E-state index in [2.05, 4.69) is 26.8 Å². The van der Waals surface area contributed by atoms with Crippen LogP contribution in [0.15, 0.2) is 68.8 Å². The number of H-pyrrole nitrogens is 1. The van der Waals surface area contributed by atoms with Gasteiger partial charge < -0.3 is 0 Å². The summed E-state index contributed by atoms with van der Waals surface area (Å²) < 4.78 is 4.49. The van der Waals surface area contributed by atoms with Crippen LogP contribution in [-0.2, 0) is 5.75 Å². The van der Waals surface area contributed by atoms with E-state index in [0.717, 1.165) is 11.3 Å². The van der Waals surface area contributed by atoms with Crippen LogP contribution in [0.4, 0.5) is 0 Å². The maximum Gasteiger partial charge on any atom is 0.439 e. The van der Waals surface area contributed by atoms with Crippen LogP contribution in [-0.4, -0.2) is 10.1 Å². The topological polar surface area (TPSA) is 58.9 Å². The van der Waals surface area contributed by atoms with Gasteiger partial charge in [0.05, 0.1) is 0 Å². The molecular weight excluding hydrogens is 320 g/mol. The molecule has 0 aliphatic carbocycles. The molecule has 1 aromatic heterocycles. The number of rotatable bonds is 4. The fraction of sp³-hybridized carbons (Fsp3) is 0.263. The number of aromatic amines is 1. The Morgan fingerprint density at radius 2 is 1.58 bits per heavy atom. The molecule has 0 atom stereocenters. The van der Waals surface area contributed by atoms with Gasteiger partial charge in [0.25, 0.3) is 0 Å². The van der Waals surface area contributed by atoms with E-state index in [0.29, 0.717) is 5.82 Å². The van der Waals surface area contributed by atoms with Crippen LogP contribution in [0, 0.1) is 0 Å². The Bertz CT molecular complexity index is 734. The number of hydrogen-bond acceptors (Lipinski definition) is 4. The van der Waals surface area contributed by atoms with E-state index in [9.17, 15) is 4.79 Å². The van der Waals surface area contributed by atoms with Gasteiger partial charge in [0.15, 0.2) is 5.82 Å². The van der Waals surface area contributed by atoms with Gasteiger partial charge in [-0.15, -0.1) is 11.8 Å². The van der Waals surface area contributed by atoms with E-state index in [-0.39, 0.29) is 0 Å². The van der Waals surface area contributed by atoms with E-state index >= 15 is 0 Å². The number of benzene rings is 2. The van der Waals surface area contributed by atoms with E-state index in [4.69, 9.17) is 0 Å². The molecule has 0 spiro atoms. The van der Waals surface area contributed by atoms with Gasteiger partial charge in [-0.1, -0.05) is 75.3 Å². The van der Waals surface area contributed by atoms with Crippen molar-refractivity contribution in [2.24, 2.45) is 0 Å². The third kappa shape index (κ3) is 6.08. The van der Waals surface area contributed by atoms with Crippen molar-refractivity contribution in [3.8, 4) is 11.4 Å². The van der Waals surface area contributed by atoms with Crippen LogP contribution in [0.2, 0.25) is 0 Å². The zero-order valence-electron chi connectivity index (χ0n) is 14.6. The van der Waals surface area contributed by atoms with Gasteiger partial charge in [0.2, 0.25) is 0 Å². The Balaban J connectivity index is 0.000000671. The lowest BCUT2D eigenvalue weighted by atomic mass is 10.2. The first kappa shape index (κ1) is 19.8. The van der Waals surface area contributed by atoms with E-state index in [1.165, 1.54) is 10.5 Å². The summed E-state index contributed by atoms with van der Waals surface area (Å²) in [6.45, 7) is 8.00. The summed E-state index contributed by atoms with van der Waals surface area (Å²) in [5, 5.41) is 3.66. The van der Waals surface area contributed by atoms with Gasteiger partial charge in [0, 0.05) is 16.2 Å². The standard InChI is InChI=1S/C15H12N2O2S.2C2H6/c18-15-16-14(17-19-15)12-6-8-13(9-7-12)20-10-11-4-2-1-3-5-11;2*1-2/h1-9H,10H2,(H,16,17,18);2*1-2H3. The van der Waals surface area contributed by atoms with Crippen molar-refractivity contribution in [3.05, 3.63) is 70.7 Å². The highest BCUT2D eigenvalue weighted by Crippen LogP contribution is 2.24. The quantitative estimate of drug-likeness (QED) is 0.646. The van der Waals surface area contributed by atoms with Crippen molar-refractivity contribution in [1.29, 1.82) is 0 Å². The first-order chi connectivity index (χ1) is 11.8. The van der Waals surface area contributed by atoms with Gasteiger partial charge >= 0.3 is 5.76 Å². The van der Waals surface area contributed by atoms with Crippen molar-refractivity contribution in [3.63, 3.8) is 0 Å². The monoisotopic (exact) mass is 344 g/mol. The summed E-state index contributed by atoms with van der Waals surface area (Å²) in [6, 6.07) is 18.2. The molecule has 0 aliphatic rings. The smallest absolute Gasteiger partial charge is 0.296 e. The Morgan fingerprint density at radius 1 is 0.958 bits per heavy atom. The molecule has 1 N–H and O–H groups in total. The zero-order chi connectivity index (χ0) is 17.8. The van der Waals surface area contributed by atoms with E-state index in [1.807, 2.05) is 70.2 Å². The van der Waals surface area contributed by atoms with Gasteiger partial charge in [-0.2, -0.15) is 0 Å². The molecule has 0 saturated heterocycles. The normalized spacial score (nSPS) is 9.33. The third-order valence-corrected chi connectivity index (χ3v) is 3.90. The highest BCUT2D eigenvalue weighted by molar-refractivity contribution is 7.98. The van der Waals surface area contributed by atoms with E-state index in [1.54, 1.807) is 11.8 Å². The van der Waals surface area contributed by atoms with Crippen LogP contribution >= 0.6 is 11.8 Å². The second kappa shape index (κ2) is 11.3. The van der Waals surface area contributed by atoms with Crippen molar-refractivity contribution in [1.82, 2.24) is 10.1 Å². The van der Waals surface area contributed by atoms with Crippen LogP contribution in [0.3, 0.4) is 0 Å². The maximum absolute atomic E-state index is 10.9. The molecule has 5 heteroatoms. The average molecular weight is 344 g/mol. The molecule has 0 amide bonds. The molecule has 24 heavy (non-hydrogen) atoms. The minimum absolute atomic E-state index is 0.453. The fourth-order valence-electron chi connectivity index (χ4n) is 1.80. The number of nitrogens with zero attached hydrogens (tertiary/aromatic N) is 1. The minimum atomic E-state index is -0.539. The van der Waals surface area contributed by atoms with Gasteiger partial charge in [-0.25, -0.2) is 4.79 Å². The predicted molar refractivity (Wildman–Crippen MR) is 101 cm³/mol. The molecule has 0 radical (unpaired) electrons. The van der Waals surface area contributed by atoms with Crippen LogP contribution in [0.25, 0.3) is 11.4 Å². The molecule has 0 unspecified atom stereocenters. The largest absolute Gasteiger partial charge is 0.439 e. The number of nitrogens with one attached hydrogen (secondary N) is 1. The Labute approximate surface area is 147 Å². The molecule has 0 fully saturated rings. The number of thioether (sulfide) groups is 1. The molecule has 4 nitrogen and oxygen atoms in total. The maximum atomic E-state index is 10.9. The summed E-state index contributed by atoms with van der Waals surface area (Å²) >= 11 is 1.77. The van der Waals surface area contributed by atoms with Gasteiger partial charge in [-0.05, 0) is 17.7 Å². The highest BCUT2D eigenvalue weighted by atomic mass is 32.2. The molecule has 3 rings (SSSR count). The Morgan fingerprint density at radius 3 is 2.12 bits per heavy atom. The summed E-state index contributed by atoms with van der Waals surface area (Å²) in [6.07, 6.45) is 0. The summed E-state index contributed by atoms with van der Waals surface area (Å²) in [5.41, 5.74) is 2.13. The molecule has 128 valence electrons. The van der Waals surface area contributed by atoms with Crippen molar-refractivity contribution < 1.29 is 4.52 Å². The first-order valence-electron chi connectivity index (χ1n) is 8.14. The third-order valence-electron chi connectivity index (χ3n) is 2.82. The Kier molecular flexibility index (Phi) is 9.31. The lowest BCUT2D eigenvalue weighted by Gasteiger charge is -2.02. The zero-order valence-corrected chi connectivity index (χ0v) is 15.4. The van der Waals surface area contributed by atoms with Gasteiger partial charge in [-0.3, -0.25) is 9.51 Å².